The molecule has 11 heteroatoms. The first-order valence-electron chi connectivity index (χ1n) is 12.0. The maximum absolute atomic E-state index is 12.5. The van der Waals surface area contributed by atoms with E-state index in [1.54, 1.807) is 30.8 Å². The number of ether oxygens (including phenoxy) is 4. The average molecular weight is 520 g/mol. The Kier molecular flexibility index (Phi) is 8.20. The van der Waals surface area contributed by atoms with Gasteiger partial charge in [-0.15, -0.1) is 18.3 Å². The van der Waals surface area contributed by atoms with Gasteiger partial charge in [-0.2, -0.15) is 0 Å². The van der Waals surface area contributed by atoms with Crippen LogP contribution in [0.15, 0.2) is 48.5 Å². The quantitative estimate of drug-likeness (QED) is 0.345. The highest BCUT2D eigenvalue weighted by atomic mass is 19.4. The Morgan fingerprint density at radius 2 is 1.65 bits per heavy atom. The van der Waals surface area contributed by atoms with E-state index >= 15 is 0 Å². The Morgan fingerprint density at radius 1 is 1.00 bits per heavy atom. The molecule has 0 spiro atoms. The summed E-state index contributed by atoms with van der Waals surface area (Å²) >= 11 is 0. The second-order valence-electron chi connectivity index (χ2n) is 8.68. The van der Waals surface area contributed by atoms with Gasteiger partial charge in [-0.3, -0.25) is 0 Å². The fourth-order valence-corrected chi connectivity index (χ4v) is 4.37. The van der Waals surface area contributed by atoms with Crippen molar-refractivity contribution in [2.75, 3.05) is 13.7 Å². The Balaban J connectivity index is 1.43. The van der Waals surface area contributed by atoms with Crippen LogP contribution in [0.3, 0.4) is 0 Å². The van der Waals surface area contributed by atoms with Crippen LogP contribution in [-0.2, 0) is 11.3 Å². The van der Waals surface area contributed by atoms with E-state index in [0.29, 0.717) is 19.4 Å². The summed E-state index contributed by atoms with van der Waals surface area (Å²) in [7, 11) is 1.59. The van der Waals surface area contributed by atoms with Gasteiger partial charge in [0.1, 0.15) is 17.6 Å². The fourth-order valence-electron chi connectivity index (χ4n) is 4.37. The first-order chi connectivity index (χ1) is 17.8. The molecule has 1 fully saturated rings. The van der Waals surface area contributed by atoms with Crippen molar-refractivity contribution in [3.8, 4) is 17.4 Å². The number of carbonyl (C=O) groups is 1. The number of benzene rings is 2. The number of aromatic nitrogens is 3. The largest absolute Gasteiger partial charge is 0.573 e. The molecule has 198 valence electrons. The molecule has 0 unspecified atom stereocenters. The second kappa shape index (κ2) is 11.5. The maximum Gasteiger partial charge on any atom is 0.573 e. The third-order valence-corrected chi connectivity index (χ3v) is 6.19. The molecular formula is C26H28F3N3O5. The molecule has 0 radical (unpaired) electrons. The van der Waals surface area contributed by atoms with Crippen molar-refractivity contribution in [2.45, 2.75) is 57.5 Å². The van der Waals surface area contributed by atoms with Crippen molar-refractivity contribution in [3.05, 3.63) is 65.4 Å². The number of rotatable bonds is 9. The molecule has 2 aromatic carbocycles. The van der Waals surface area contributed by atoms with Crippen molar-refractivity contribution in [1.82, 2.24) is 15.0 Å². The Morgan fingerprint density at radius 3 is 2.24 bits per heavy atom. The zero-order chi connectivity index (χ0) is 26.4. The lowest BCUT2D eigenvalue weighted by Crippen LogP contribution is -2.25. The molecule has 0 saturated heterocycles. The SMILES string of the molecule is CCOC(=O)c1nnn(Cc2ccc(OC)cc2)c1OC1CCC(c2ccc(OC(F)(F)F)cc2)CC1. The molecule has 3 aromatic rings. The van der Waals surface area contributed by atoms with E-state index in [4.69, 9.17) is 14.2 Å². The smallest absolute Gasteiger partial charge is 0.497 e. The van der Waals surface area contributed by atoms with Crippen molar-refractivity contribution in [2.24, 2.45) is 0 Å². The van der Waals surface area contributed by atoms with E-state index in [0.717, 1.165) is 29.7 Å². The van der Waals surface area contributed by atoms with E-state index in [2.05, 4.69) is 15.0 Å². The highest BCUT2D eigenvalue weighted by Crippen LogP contribution is 2.36. The summed E-state index contributed by atoms with van der Waals surface area (Å²) in [5.74, 6) is 0.328. The minimum atomic E-state index is -4.71. The summed E-state index contributed by atoms with van der Waals surface area (Å²) in [4.78, 5) is 12.5. The third kappa shape index (κ3) is 6.93. The fraction of sp³-hybridized carbons (Fsp3) is 0.423. The molecular weight excluding hydrogens is 491 g/mol. The topological polar surface area (TPSA) is 84.7 Å². The van der Waals surface area contributed by atoms with Crippen LogP contribution < -0.4 is 14.2 Å². The number of hydrogen-bond acceptors (Lipinski definition) is 7. The van der Waals surface area contributed by atoms with Crippen LogP contribution in [0.1, 0.15) is 60.1 Å². The lowest BCUT2D eigenvalue weighted by molar-refractivity contribution is -0.274. The summed E-state index contributed by atoms with van der Waals surface area (Å²) < 4.78 is 59.3. The van der Waals surface area contributed by atoms with E-state index in [-0.39, 0.29) is 36.0 Å². The number of hydrogen-bond donors (Lipinski definition) is 0. The van der Waals surface area contributed by atoms with Gasteiger partial charge < -0.3 is 18.9 Å². The molecule has 1 saturated carbocycles. The van der Waals surface area contributed by atoms with Gasteiger partial charge in [0.2, 0.25) is 11.6 Å². The van der Waals surface area contributed by atoms with Gasteiger partial charge in [-0.05, 0) is 73.9 Å². The maximum atomic E-state index is 12.5. The molecule has 0 bridgehead atoms. The molecule has 1 heterocycles. The first-order valence-corrected chi connectivity index (χ1v) is 12.0. The van der Waals surface area contributed by atoms with Gasteiger partial charge >= 0.3 is 12.3 Å². The molecule has 37 heavy (non-hydrogen) atoms. The molecule has 0 aliphatic heterocycles. The Bertz CT molecular complexity index is 1170. The third-order valence-electron chi connectivity index (χ3n) is 6.19. The predicted octanol–water partition coefficient (Wildman–Crippen LogP) is 5.52. The number of esters is 1. The molecule has 1 aliphatic rings. The van der Waals surface area contributed by atoms with Crippen LogP contribution in [0, 0.1) is 0 Å². The number of nitrogens with zero attached hydrogens (tertiary/aromatic N) is 3. The highest BCUT2D eigenvalue weighted by molar-refractivity contribution is 5.89. The average Bonchev–Trinajstić information content (AvgIpc) is 3.26. The minimum absolute atomic E-state index is 0.0257. The molecule has 8 nitrogen and oxygen atoms in total. The van der Waals surface area contributed by atoms with Crippen LogP contribution in [0.25, 0.3) is 0 Å². The zero-order valence-electron chi connectivity index (χ0n) is 20.5. The molecule has 0 N–H and O–H groups in total. The van der Waals surface area contributed by atoms with Gasteiger partial charge in [-0.25, -0.2) is 9.48 Å². The lowest BCUT2D eigenvalue weighted by atomic mass is 9.83. The van der Waals surface area contributed by atoms with E-state index in [1.807, 2.05) is 24.3 Å². The summed E-state index contributed by atoms with van der Waals surface area (Å²) in [5, 5.41) is 8.16. The highest BCUT2D eigenvalue weighted by Gasteiger charge is 2.32. The minimum Gasteiger partial charge on any atom is -0.497 e. The van der Waals surface area contributed by atoms with Crippen LogP contribution in [0.4, 0.5) is 13.2 Å². The van der Waals surface area contributed by atoms with Crippen LogP contribution in [0.2, 0.25) is 0 Å². The normalized spacial score (nSPS) is 17.8. The van der Waals surface area contributed by atoms with E-state index < -0.39 is 12.3 Å². The van der Waals surface area contributed by atoms with Gasteiger partial charge in [0.25, 0.3) is 0 Å². The van der Waals surface area contributed by atoms with Gasteiger partial charge in [-0.1, -0.05) is 29.5 Å². The van der Waals surface area contributed by atoms with Crippen molar-refractivity contribution >= 4 is 5.97 Å². The van der Waals surface area contributed by atoms with Crippen molar-refractivity contribution in [3.63, 3.8) is 0 Å². The number of methoxy groups -OCH3 is 1. The summed E-state index contributed by atoms with van der Waals surface area (Å²) in [6.07, 6.45) is -1.94. The van der Waals surface area contributed by atoms with Crippen LogP contribution in [0.5, 0.6) is 17.4 Å². The van der Waals surface area contributed by atoms with E-state index in [1.165, 1.54) is 12.1 Å². The first kappa shape index (κ1) is 26.3. The number of halogens is 3. The summed E-state index contributed by atoms with van der Waals surface area (Å²) in [6, 6.07) is 13.5. The zero-order valence-corrected chi connectivity index (χ0v) is 20.5. The monoisotopic (exact) mass is 519 g/mol. The molecule has 1 aliphatic carbocycles. The molecule has 0 amide bonds. The van der Waals surface area contributed by atoms with Gasteiger partial charge in [0.05, 0.1) is 20.3 Å². The van der Waals surface area contributed by atoms with Gasteiger partial charge in [0, 0.05) is 0 Å². The molecule has 1 aromatic heterocycles. The number of alkyl halides is 3. The number of carbonyl (C=O) groups excluding carboxylic acids is 1. The Hall–Kier alpha value is -3.76. The predicted molar refractivity (Wildman–Crippen MR) is 127 cm³/mol. The molecule has 0 atom stereocenters. The molecule has 4 rings (SSSR count). The van der Waals surface area contributed by atoms with E-state index in [9.17, 15) is 18.0 Å². The standard InChI is InChI=1S/C26H28F3N3O5/c1-3-35-25(33)23-24(32(31-30-23)16-17-4-10-20(34-2)11-5-17)36-21-12-6-18(7-13-21)19-8-14-22(15-9-19)37-26(27,28)29/h4-5,8-11,14-15,18,21H,3,6-7,12-13,16H2,1-2H3. The summed E-state index contributed by atoms with van der Waals surface area (Å²) in [6.45, 7) is 2.25. The Labute approximate surface area is 212 Å². The van der Waals surface area contributed by atoms with Gasteiger partial charge in [0.15, 0.2) is 0 Å². The summed E-state index contributed by atoms with van der Waals surface area (Å²) in [5.41, 5.74) is 1.90. The van der Waals surface area contributed by atoms with Crippen molar-refractivity contribution in [1.29, 1.82) is 0 Å². The van der Waals surface area contributed by atoms with Crippen molar-refractivity contribution < 1.29 is 36.9 Å². The van der Waals surface area contributed by atoms with Crippen LogP contribution >= 0.6 is 0 Å². The lowest BCUT2D eigenvalue weighted by Gasteiger charge is -2.29. The van der Waals surface area contributed by atoms with Crippen LogP contribution in [-0.4, -0.2) is 47.1 Å². The second-order valence-corrected chi connectivity index (χ2v) is 8.68.